The highest BCUT2D eigenvalue weighted by molar-refractivity contribution is 5.09. The van der Waals surface area contributed by atoms with Crippen molar-refractivity contribution in [2.45, 2.75) is 50.3 Å². The van der Waals surface area contributed by atoms with E-state index in [0.29, 0.717) is 0 Å². The molecular weight excluding hydrogens is 280 g/mol. The van der Waals surface area contributed by atoms with Crippen molar-refractivity contribution in [2.75, 3.05) is 6.61 Å². The van der Waals surface area contributed by atoms with Crippen molar-refractivity contribution in [3.05, 3.63) is 23.8 Å². The zero-order valence-corrected chi connectivity index (χ0v) is 11.7. The first-order chi connectivity index (χ1) is 9.90. The fourth-order valence-corrected chi connectivity index (χ4v) is 1.76. The Morgan fingerprint density at radius 2 is 1.67 bits per heavy atom. The van der Waals surface area contributed by atoms with Crippen LogP contribution in [-0.2, 0) is 6.42 Å². The molecule has 0 spiro atoms. The van der Waals surface area contributed by atoms with E-state index >= 15 is 0 Å². The number of hydrogen-bond acceptors (Lipinski definition) is 8. The summed E-state index contributed by atoms with van der Waals surface area (Å²) in [5.41, 5.74) is 0.336. The molecule has 1 aromatic rings. The zero-order valence-electron chi connectivity index (χ0n) is 11.7. The number of nitrogens with zero attached hydrogens (tertiary/aromatic N) is 2. The lowest BCUT2D eigenvalue weighted by Gasteiger charge is -2.22. The average Bonchev–Trinajstić information content (AvgIpc) is 2.51. The van der Waals surface area contributed by atoms with Gasteiger partial charge in [-0.25, -0.2) is 0 Å². The topological polar surface area (TPSA) is 147 Å². The van der Waals surface area contributed by atoms with Gasteiger partial charge in [0.05, 0.1) is 36.4 Å². The molecule has 6 N–H and O–H groups in total. The maximum Gasteiger partial charge on any atom is 0.126 e. The lowest BCUT2D eigenvalue weighted by molar-refractivity contribution is -0.0632. The Morgan fingerprint density at radius 1 is 1.00 bits per heavy atom. The Balaban J connectivity index is 2.80. The second-order valence-corrected chi connectivity index (χ2v) is 4.87. The lowest BCUT2D eigenvalue weighted by Crippen LogP contribution is -2.33. The molecule has 0 bridgehead atoms. The molecule has 1 aromatic heterocycles. The third-order valence-corrected chi connectivity index (χ3v) is 3.19. The average molecular weight is 302 g/mol. The van der Waals surface area contributed by atoms with Crippen molar-refractivity contribution in [3.63, 3.8) is 0 Å². The lowest BCUT2D eigenvalue weighted by atomic mass is 10.0. The van der Waals surface area contributed by atoms with Crippen LogP contribution in [0.2, 0.25) is 0 Å². The quantitative estimate of drug-likeness (QED) is 0.320. The number of aromatic nitrogens is 2. The maximum atomic E-state index is 9.94. The largest absolute Gasteiger partial charge is 0.394 e. The van der Waals surface area contributed by atoms with E-state index in [1.165, 1.54) is 12.4 Å². The molecule has 0 amide bonds. The SMILES string of the molecule is CC[C@@H](O)[C@@H](O)[C@H](O)c1cncc(C[C@H](O)[C@H](O)CO)n1. The van der Waals surface area contributed by atoms with Crippen LogP contribution in [0.3, 0.4) is 0 Å². The van der Waals surface area contributed by atoms with Gasteiger partial charge >= 0.3 is 0 Å². The molecule has 0 aliphatic carbocycles. The maximum absolute atomic E-state index is 9.94. The van der Waals surface area contributed by atoms with Crippen molar-refractivity contribution in [1.29, 1.82) is 0 Å². The van der Waals surface area contributed by atoms with Crippen LogP contribution in [0, 0.1) is 0 Å². The van der Waals surface area contributed by atoms with E-state index in [2.05, 4.69) is 9.97 Å². The molecule has 120 valence electrons. The molecule has 0 aliphatic heterocycles. The predicted octanol–water partition coefficient (Wildman–Crippen LogP) is -2.10. The van der Waals surface area contributed by atoms with Crippen LogP contribution in [0.1, 0.15) is 30.8 Å². The van der Waals surface area contributed by atoms with Gasteiger partial charge in [-0.1, -0.05) is 6.92 Å². The minimum absolute atomic E-state index is 0.0539. The van der Waals surface area contributed by atoms with Crippen LogP contribution >= 0.6 is 0 Å². The standard InChI is InChI=1S/C13H22N2O6/c1-2-9(17)13(21)12(20)8-5-14-4-7(15-8)3-10(18)11(19)6-16/h4-5,9-13,16-21H,2-3,6H2,1H3/t9-,10+,11-,12-,13-/m1/s1. The molecule has 0 fully saturated rings. The van der Waals surface area contributed by atoms with Gasteiger partial charge in [0, 0.05) is 12.6 Å². The van der Waals surface area contributed by atoms with E-state index in [0.717, 1.165) is 0 Å². The fraction of sp³-hybridized carbons (Fsp3) is 0.692. The van der Waals surface area contributed by atoms with Crippen LogP contribution in [-0.4, -0.2) is 71.6 Å². The summed E-state index contributed by atoms with van der Waals surface area (Å²) in [5.74, 6) is 0. The van der Waals surface area contributed by atoms with Gasteiger partial charge in [-0.2, -0.15) is 0 Å². The summed E-state index contributed by atoms with van der Waals surface area (Å²) in [6.45, 7) is 1.08. The van der Waals surface area contributed by atoms with E-state index < -0.39 is 37.1 Å². The fourth-order valence-electron chi connectivity index (χ4n) is 1.76. The van der Waals surface area contributed by atoms with Crippen molar-refractivity contribution >= 4 is 0 Å². The molecule has 8 heteroatoms. The molecule has 1 rings (SSSR count). The molecule has 1 heterocycles. The third-order valence-electron chi connectivity index (χ3n) is 3.19. The third kappa shape index (κ3) is 4.95. The van der Waals surface area contributed by atoms with E-state index in [-0.39, 0.29) is 24.2 Å². The number of hydrogen-bond donors (Lipinski definition) is 6. The van der Waals surface area contributed by atoms with Gasteiger partial charge in [0.15, 0.2) is 0 Å². The first kappa shape index (κ1) is 17.9. The van der Waals surface area contributed by atoms with Gasteiger partial charge < -0.3 is 30.6 Å². The molecule has 0 aliphatic rings. The minimum atomic E-state index is -1.41. The molecule has 8 nitrogen and oxygen atoms in total. The highest BCUT2D eigenvalue weighted by atomic mass is 16.4. The molecule has 5 atom stereocenters. The molecule has 0 saturated heterocycles. The van der Waals surface area contributed by atoms with Gasteiger partial charge in [0.25, 0.3) is 0 Å². The Bertz CT molecular complexity index is 433. The first-order valence-corrected chi connectivity index (χ1v) is 6.72. The van der Waals surface area contributed by atoms with E-state index in [1.54, 1.807) is 6.92 Å². The van der Waals surface area contributed by atoms with Crippen molar-refractivity contribution < 1.29 is 30.6 Å². The highest BCUT2D eigenvalue weighted by Gasteiger charge is 2.26. The number of aliphatic hydroxyl groups is 6. The van der Waals surface area contributed by atoms with Crippen LogP contribution < -0.4 is 0 Å². The molecule has 0 saturated carbocycles. The summed E-state index contributed by atoms with van der Waals surface area (Å²) in [4.78, 5) is 7.87. The summed E-state index contributed by atoms with van der Waals surface area (Å²) in [6.07, 6.45) is -3.63. The molecule has 0 aromatic carbocycles. The van der Waals surface area contributed by atoms with Crippen LogP contribution in [0.4, 0.5) is 0 Å². The van der Waals surface area contributed by atoms with Crippen LogP contribution in [0.15, 0.2) is 12.4 Å². The van der Waals surface area contributed by atoms with Crippen molar-refractivity contribution in [1.82, 2.24) is 9.97 Å². The summed E-state index contributed by atoms with van der Waals surface area (Å²) in [7, 11) is 0. The molecule has 0 unspecified atom stereocenters. The second kappa shape index (κ2) is 8.32. The van der Waals surface area contributed by atoms with Crippen molar-refractivity contribution in [2.24, 2.45) is 0 Å². The molecule has 21 heavy (non-hydrogen) atoms. The highest BCUT2D eigenvalue weighted by Crippen LogP contribution is 2.18. The summed E-state index contributed by atoms with van der Waals surface area (Å²) in [6, 6.07) is 0. The number of aliphatic hydroxyl groups excluding tert-OH is 6. The van der Waals surface area contributed by atoms with Gasteiger partial charge in [-0.05, 0) is 6.42 Å². The van der Waals surface area contributed by atoms with E-state index in [9.17, 15) is 25.5 Å². The normalized spacial score (nSPS) is 18.8. The minimum Gasteiger partial charge on any atom is -0.394 e. The smallest absolute Gasteiger partial charge is 0.126 e. The monoisotopic (exact) mass is 302 g/mol. The van der Waals surface area contributed by atoms with E-state index in [1.807, 2.05) is 0 Å². The Labute approximate surface area is 122 Å². The summed E-state index contributed by atoms with van der Waals surface area (Å²) < 4.78 is 0. The summed E-state index contributed by atoms with van der Waals surface area (Å²) >= 11 is 0. The first-order valence-electron chi connectivity index (χ1n) is 6.72. The van der Waals surface area contributed by atoms with Crippen molar-refractivity contribution in [3.8, 4) is 0 Å². The molecule has 0 radical (unpaired) electrons. The Morgan fingerprint density at radius 3 is 2.24 bits per heavy atom. The van der Waals surface area contributed by atoms with E-state index in [4.69, 9.17) is 5.11 Å². The predicted molar refractivity (Wildman–Crippen MR) is 72.1 cm³/mol. The van der Waals surface area contributed by atoms with Crippen LogP contribution in [0.5, 0.6) is 0 Å². The Kier molecular flexibility index (Phi) is 7.09. The molecular formula is C13H22N2O6. The Hall–Kier alpha value is -1.16. The van der Waals surface area contributed by atoms with Gasteiger partial charge in [0.2, 0.25) is 0 Å². The zero-order chi connectivity index (χ0) is 16.0. The second-order valence-electron chi connectivity index (χ2n) is 4.87. The van der Waals surface area contributed by atoms with Gasteiger partial charge in [0.1, 0.15) is 18.3 Å². The van der Waals surface area contributed by atoms with Crippen LogP contribution in [0.25, 0.3) is 0 Å². The summed E-state index contributed by atoms with van der Waals surface area (Å²) in [5, 5.41) is 56.8. The number of rotatable bonds is 8. The van der Waals surface area contributed by atoms with Gasteiger partial charge in [-0.3, -0.25) is 9.97 Å². The van der Waals surface area contributed by atoms with Gasteiger partial charge in [-0.15, -0.1) is 0 Å².